The molecule has 3 aromatic rings. The Balaban J connectivity index is 1.84. The molecular formula is C25H32N4O3. The summed E-state index contributed by atoms with van der Waals surface area (Å²) in [5.74, 6) is 0.721. The molecule has 32 heavy (non-hydrogen) atoms. The molecule has 7 nitrogen and oxygen atoms in total. The lowest BCUT2D eigenvalue weighted by atomic mass is 10.0. The minimum Gasteiger partial charge on any atom is -0.497 e. The van der Waals surface area contributed by atoms with Crippen molar-refractivity contribution in [2.24, 2.45) is 0 Å². The van der Waals surface area contributed by atoms with Crippen molar-refractivity contribution in [1.82, 2.24) is 14.8 Å². The van der Waals surface area contributed by atoms with Crippen LogP contribution in [0, 0.1) is 13.8 Å². The number of amides is 2. The van der Waals surface area contributed by atoms with E-state index in [1.807, 2.05) is 46.1 Å². The number of rotatable bonds is 8. The van der Waals surface area contributed by atoms with Crippen molar-refractivity contribution in [3.8, 4) is 5.75 Å². The molecule has 0 radical (unpaired) electrons. The molecule has 0 saturated heterocycles. The highest BCUT2D eigenvalue weighted by Gasteiger charge is 2.17. The quantitative estimate of drug-likeness (QED) is 0.556. The van der Waals surface area contributed by atoms with Crippen molar-refractivity contribution < 1.29 is 9.53 Å². The number of pyridine rings is 1. The molecule has 2 N–H and O–H groups in total. The normalized spacial score (nSPS) is 11.1. The summed E-state index contributed by atoms with van der Waals surface area (Å²) in [4.78, 5) is 32.7. The molecule has 0 bridgehead atoms. The number of H-pyrrole nitrogens is 1. The summed E-state index contributed by atoms with van der Waals surface area (Å²) in [6.07, 6.45) is 0.798. The van der Waals surface area contributed by atoms with Crippen LogP contribution in [0.2, 0.25) is 0 Å². The Morgan fingerprint density at radius 2 is 1.78 bits per heavy atom. The SMILES string of the molecule is COc1ccc(NC(=O)N(CCCN(C)C)Cc2cc3ccc(C)c(C)c3[nH]c2=O)cc1. The lowest BCUT2D eigenvalue weighted by Crippen LogP contribution is -2.37. The van der Waals surface area contributed by atoms with Gasteiger partial charge < -0.3 is 24.8 Å². The predicted molar refractivity (Wildman–Crippen MR) is 130 cm³/mol. The van der Waals surface area contributed by atoms with Gasteiger partial charge in [0.15, 0.2) is 0 Å². The number of aryl methyl sites for hydroxylation is 2. The Labute approximate surface area is 189 Å². The highest BCUT2D eigenvalue weighted by Crippen LogP contribution is 2.20. The highest BCUT2D eigenvalue weighted by atomic mass is 16.5. The number of nitrogens with zero attached hydrogens (tertiary/aromatic N) is 2. The van der Waals surface area contributed by atoms with Crippen LogP contribution in [-0.4, -0.2) is 55.1 Å². The molecule has 0 aliphatic carbocycles. The summed E-state index contributed by atoms with van der Waals surface area (Å²) in [6, 6.07) is 12.9. The van der Waals surface area contributed by atoms with Crippen molar-refractivity contribution in [3.63, 3.8) is 0 Å². The number of aromatic amines is 1. The van der Waals surface area contributed by atoms with Gasteiger partial charge in [-0.05, 0) is 87.8 Å². The molecule has 2 amide bonds. The number of benzene rings is 2. The molecular weight excluding hydrogens is 404 g/mol. The van der Waals surface area contributed by atoms with Crippen molar-refractivity contribution in [2.45, 2.75) is 26.8 Å². The lowest BCUT2D eigenvalue weighted by Gasteiger charge is -2.24. The van der Waals surface area contributed by atoms with Crippen LogP contribution in [0.1, 0.15) is 23.1 Å². The van der Waals surface area contributed by atoms with E-state index in [9.17, 15) is 9.59 Å². The minimum atomic E-state index is -0.242. The fourth-order valence-electron chi connectivity index (χ4n) is 3.60. The maximum absolute atomic E-state index is 13.1. The van der Waals surface area contributed by atoms with E-state index in [4.69, 9.17) is 4.74 Å². The predicted octanol–water partition coefficient (Wildman–Crippen LogP) is 4.14. The molecule has 1 heterocycles. The zero-order chi connectivity index (χ0) is 23.3. The number of nitrogens with one attached hydrogen (secondary N) is 2. The van der Waals surface area contributed by atoms with Crippen LogP contribution in [0.4, 0.5) is 10.5 Å². The molecule has 0 fully saturated rings. The molecule has 0 aliphatic heterocycles. The lowest BCUT2D eigenvalue weighted by molar-refractivity contribution is 0.205. The summed E-state index contributed by atoms with van der Waals surface area (Å²) in [5, 5.41) is 3.89. The molecule has 3 rings (SSSR count). The molecule has 170 valence electrons. The Morgan fingerprint density at radius 1 is 1.06 bits per heavy atom. The average molecular weight is 437 g/mol. The van der Waals surface area contributed by atoms with Gasteiger partial charge in [0.2, 0.25) is 0 Å². The number of anilines is 1. The molecule has 0 unspecified atom stereocenters. The van der Waals surface area contributed by atoms with Gasteiger partial charge in [-0.25, -0.2) is 4.79 Å². The topological polar surface area (TPSA) is 77.7 Å². The minimum absolute atomic E-state index is 0.166. The van der Waals surface area contributed by atoms with Crippen LogP contribution in [-0.2, 0) is 6.54 Å². The van der Waals surface area contributed by atoms with Crippen molar-refractivity contribution in [2.75, 3.05) is 39.6 Å². The van der Waals surface area contributed by atoms with E-state index < -0.39 is 0 Å². The second kappa shape index (κ2) is 10.3. The second-order valence-electron chi connectivity index (χ2n) is 8.33. The fraction of sp³-hybridized carbons (Fsp3) is 0.360. The van der Waals surface area contributed by atoms with Crippen molar-refractivity contribution in [1.29, 1.82) is 0 Å². The second-order valence-corrected chi connectivity index (χ2v) is 8.33. The summed E-state index contributed by atoms with van der Waals surface area (Å²) in [6.45, 7) is 5.64. The number of hydrogen-bond donors (Lipinski definition) is 2. The van der Waals surface area contributed by atoms with Gasteiger partial charge in [0.05, 0.1) is 19.2 Å². The maximum atomic E-state index is 13.1. The Bertz CT molecular complexity index is 1140. The number of fused-ring (bicyclic) bond motifs is 1. The number of aromatic nitrogens is 1. The number of hydrogen-bond acceptors (Lipinski definition) is 4. The third kappa shape index (κ3) is 5.68. The zero-order valence-electron chi connectivity index (χ0n) is 19.5. The first kappa shape index (κ1) is 23.3. The molecule has 7 heteroatoms. The summed E-state index contributed by atoms with van der Waals surface area (Å²) >= 11 is 0. The van der Waals surface area contributed by atoms with Crippen LogP contribution in [0.15, 0.2) is 47.3 Å². The fourth-order valence-corrected chi connectivity index (χ4v) is 3.60. The number of carbonyl (C=O) groups excluding carboxylic acids is 1. The Morgan fingerprint density at radius 3 is 2.44 bits per heavy atom. The number of methoxy groups -OCH3 is 1. The molecule has 0 saturated carbocycles. The summed E-state index contributed by atoms with van der Waals surface area (Å²) < 4.78 is 5.17. The van der Waals surface area contributed by atoms with E-state index in [2.05, 4.69) is 15.2 Å². The molecule has 0 aliphatic rings. The monoisotopic (exact) mass is 436 g/mol. The van der Waals surface area contributed by atoms with Gasteiger partial charge in [-0.1, -0.05) is 12.1 Å². The van der Waals surface area contributed by atoms with Crippen LogP contribution < -0.4 is 15.6 Å². The Hall–Kier alpha value is -3.32. The molecule has 2 aromatic carbocycles. The molecule has 1 aromatic heterocycles. The third-order valence-electron chi connectivity index (χ3n) is 5.65. The van der Waals surface area contributed by atoms with Crippen LogP contribution in [0.3, 0.4) is 0 Å². The van der Waals surface area contributed by atoms with Crippen LogP contribution >= 0.6 is 0 Å². The van der Waals surface area contributed by atoms with Crippen LogP contribution in [0.25, 0.3) is 10.9 Å². The van der Waals surface area contributed by atoms with Gasteiger partial charge in [-0.3, -0.25) is 4.79 Å². The van der Waals surface area contributed by atoms with E-state index in [0.29, 0.717) is 17.8 Å². The van der Waals surface area contributed by atoms with E-state index in [0.717, 1.165) is 40.7 Å². The highest BCUT2D eigenvalue weighted by molar-refractivity contribution is 5.89. The third-order valence-corrected chi connectivity index (χ3v) is 5.65. The maximum Gasteiger partial charge on any atom is 0.322 e. The first-order chi connectivity index (χ1) is 15.3. The van der Waals surface area contributed by atoms with Crippen LogP contribution in [0.5, 0.6) is 5.75 Å². The zero-order valence-corrected chi connectivity index (χ0v) is 19.5. The molecule has 0 atom stereocenters. The van der Waals surface area contributed by atoms with Crippen molar-refractivity contribution >= 4 is 22.6 Å². The number of urea groups is 1. The summed E-state index contributed by atoms with van der Waals surface area (Å²) in [7, 11) is 5.60. The van der Waals surface area contributed by atoms with Gasteiger partial charge >= 0.3 is 6.03 Å². The van der Waals surface area contributed by atoms with Gasteiger partial charge in [-0.15, -0.1) is 0 Å². The van der Waals surface area contributed by atoms with Gasteiger partial charge in [0.25, 0.3) is 5.56 Å². The Kier molecular flexibility index (Phi) is 7.53. The average Bonchev–Trinajstić information content (AvgIpc) is 2.77. The van der Waals surface area contributed by atoms with Gasteiger partial charge in [0.1, 0.15) is 5.75 Å². The van der Waals surface area contributed by atoms with E-state index in [-0.39, 0.29) is 18.1 Å². The van der Waals surface area contributed by atoms with E-state index >= 15 is 0 Å². The first-order valence-corrected chi connectivity index (χ1v) is 10.8. The van der Waals surface area contributed by atoms with Crippen molar-refractivity contribution in [3.05, 3.63) is 69.5 Å². The number of ether oxygens (including phenoxy) is 1. The van der Waals surface area contributed by atoms with E-state index in [1.165, 1.54) is 0 Å². The van der Waals surface area contributed by atoms with Gasteiger partial charge in [0, 0.05) is 17.8 Å². The molecule has 0 spiro atoms. The van der Waals surface area contributed by atoms with E-state index in [1.54, 1.807) is 36.3 Å². The standard InChI is InChI=1S/C25H32N4O3/c1-17-7-8-19-15-20(24(30)27-23(19)18(17)2)16-29(14-6-13-28(3)4)25(31)26-21-9-11-22(32-5)12-10-21/h7-12,15H,6,13-14,16H2,1-5H3,(H,26,31)(H,27,30). The number of carbonyl (C=O) groups is 1. The summed E-state index contributed by atoms with van der Waals surface area (Å²) in [5.41, 5.74) is 4.11. The first-order valence-electron chi connectivity index (χ1n) is 10.8. The largest absolute Gasteiger partial charge is 0.497 e. The van der Waals surface area contributed by atoms with Gasteiger partial charge in [-0.2, -0.15) is 0 Å². The smallest absolute Gasteiger partial charge is 0.322 e.